The Bertz CT molecular complexity index is 946. The van der Waals surface area contributed by atoms with Crippen LogP contribution in [0.15, 0.2) is 47.4 Å². The molecule has 1 N–H and O–H groups in total. The first-order valence-electron chi connectivity index (χ1n) is 9.76. The molecule has 0 aliphatic heterocycles. The molecule has 1 saturated carbocycles. The SMILES string of the molecule is Cc1ccc(C)c(C(=O)Nc2ccc(S(=O)(=O)N(C)C3CCCCC3)cc2)c1. The fraction of sp³-hybridized carbons (Fsp3) is 0.409. The van der Waals surface area contributed by atoms with E-state index in [9.17, 15) is 13.2 Å². The zero-order valence-electron chi connectivity index (χ0n) is 16.7. The normalized spacial score (nSPS) is 15.6. The minimum absolute atomic E-state index is 0.0717. The lowest BCUT2D eigenvalue weighted by atomic mass is 9.96. The van der Waals surface area contributed by atoms with Crippen LogP contribution in [-0.4, -0.2) is 31.7 Å². The van der Waals surface area contributed by atoms with E-state index in [0.717, 1.165) is 36.8 Å². The maximum Gasteiger partial charge on any atom is 0.255 e. The molecule has 2 aromatic rings. The summed E-state index contributed by atoms with van der Waals surface area (Å²) in [4.78, 5) is 12.8. The van der Waals surface area contributed by atoms with E-state index in [1.807, 2.05) is 32.0 Å². The predicted molar refractivity (Wildman–Crippen MR) is 112 cm³/mol. The summed E-state index contributed by atoms with van der Waals surface area (Å²) in [5.74, 6) is -0.198. The van der Waals surface area contributed by atoms with Crippen LogP contribution in [0.1, 0.15) is 53.6 Å². The molecule has 0 heterocycles. The molecule has 150 valence electrons. The van der Waals surface area contributed by atoms with E-state index in [4.69, 9.17) is 0 Å². The number of amides is 1. The zero-order chi connectivity index (χ0) is 20.3. The molecule has 0 spiro atoms. The molecule has 28 heavy (non-hydrogen) atoms. The molecule has 0 radical (unpaired) electrons. The number of hydrogen-bond acceptors (Lipinski definition) is 3. The third-order valence-corrected chi connectivity index (χ3v) is 7.44. The standard InChI is InChI=1S/C22H28N2O3S/c1-16-9-10-17(2)21(15-16)22(25)23-18-11-13-20(14-12-18)28(26,27)24(3)19-7-5-4-6-8-19/h9-15,19H,4-8H2,1-3H3,(H,23,25). The molecule has 5 nitrogen and oxygen atoms in total. The number of aryl methyl sites for hydroxylation is 2. The maximum absolute atomic E-state index is 12.9. The fourth-order valence-electron chi connectivity index (χ4n) is 3.70. The van der Waals surface area contributed by atoms with Gasteiger partial charge in [-0.05, 0) is 62.6 Å². The van der Waals surface area contributed by atoms with Gasteiger partial charge < -0.3 is 5.32 Å². The lowest BCUT2D eigenvalue weighted by Gasteiger charge is -2.30. The summed E-state index contributed by atoms with van der Waals surface area (Å²) >= 11 is 0. The summed E-state index contributed by atoms with van der Waals surface area (Å²) in [5, 5.41) is 2.85. The van der Waals surface area contributed by atoms with E-state index in [0.29, 0.717) is 11.3 Å². The Morgan fingerprint density at radius 3 is 2.29 bits per heavy atom. The summed E-state index contributed by atoms with van der Waals surface area (Å²) in [6.45, 7) is 3.84. The Hall–Kier alpha value is -2.18. The second kappa shape index (κ2) is 8.45. The summed E-state index contributed by atoms with van der Waals surface area (Å²) in [6, 6.07) is 12.2. The highest BCUT2D eigenvalue weighted by molar-refractivity contribution is 7.89. The monoisotopic (exact) mass is 400 g/mol. The Morgan fingerprint density at radius 2 is 1.64 bits per heavy atom. The minimum atomic E-state index is -3.53. The first-order chi connectivity index (χ1) is 13.3. The van der Waals surface area contributed by atoms with Crippen molar-refractivity contribution in [1.29, 1.82) is 0 Å². The number of carbonyl (C=O) groups is 1. The average Bonchev–Trinajstić information content (AvgIpc) is 2.70. The van der Waals surface area contributed by atoms with Crippen LogP contribution < -0.4 is 5.32 Å². The molecular weight excluding hydrogens is 372 g/mol. The number of sulfonamides is 1. The Kier molecular flexibility index (Phi) is 6.20. The Balaban J connectivity index is 1.73. The maximum atomic E-state index is 12.9. The van der Waals surface area contributed by atoms with Gasteiger partial charge in [0.25, 0.3) is 5.91 Å². The fourth-order valence-corrected chi connectivity index (χ4v) is 5.11. The molecule has 0 bridgehead atoms. The molecule has 0 saturated heterocycles. The van der Waals surface area contributed by atoms with Crippen LogP contribution in [0, 0.1) is 13.8 Å². The van der Waals surface area contributed by atoms with Crippen LogP contribution in [0.2, 0.25) is 0 Å². The average molecular weight is 401 g/mol. The van der Waals surface area contributed by atoms with E-state index in [1.54, 1.807) is 31.3 Å². The quantitative estimate of drug-likeness (QED) is 0.803. The molecule has 6 heteroatoms. The zero-order valence-corrected chi connectivity index (χ0v) is 17.6. The number of benzene rings is 2. The predicted octanol–water partition coefficient (Wildman–Crippen LogP) is 4.51. The van der Waals surface area contributed by atoms with Crippen LogP contribution in [-0.2, 0) is 10.0 Å². The van der Waals surface area contributed by atoms with Gasteiger partial charge in [-0.1, -0.05) is 37.0 Å². The second-order valence-corrected chi connectivity index (χ2v) is 9.61. The number of nitrogens with zero attached hydrogens (tertiary/aromatic N) is 1. The highest BCUT2D eigenvalue weighted by atomic mass is 32.2. The van der Waals surface area contributed by atoms with Gasteiger partial charge in [0.15, 0.2) is 0 Å². The topological polar surface area (TPSA) is 66.5 Å². The van der Waals surface area contributed by atoms with Crippen molar-refractivity contribution in [2.24, 2.45) is 0 Å². The summed E-state index contributed by atoms with van der Waals surface area (Å²) < 4.78 is 27.3. The lowest BCUT2D eigenvalue weighted by Crippen LogP contribution is -2.38. The first kappa shape index (κ1) is 20.6. The van der Waals surface area contributed by atoms with Gasteiger partial charge in [-0.15, -0.1) is 0 Å². The van der Waals surface area contributed by atoms with Crippen LogP contribution >= 0.6 is 0 Å². The number of carbonyl (C=O) groups excluding carboxylic acids is 1. The van der Waals surface area contributed by atoms with Gasteiger partial charge in [0.05, 0.1) is 4.90 Å². The van der Waals surface area contributed by atoms with Gasteiger partial charge in [0, 0.05) is 24.3 Å². The van der Waals surface area contributed by atoms with Crippen molar-refractivity contribution < 1.29 is 13.2 Å². The minimum Gasteiger partial charge on any atom is -0.322 e. The molecule has 0 unspecified atom stereocenters. The highest BCUT2D eigenvalue weighted by Gasteiger charge is 2.28. The van der Waals surface area contributed by atoms with E-state index in [1.165, 1.54) is 10.7 Å². The van der Waals surface area contributed by atoms with Gasteiger partial charge in [-0.25, -0.2) is 8.42 Å². The van der Waals surface area contributed by atoms with E-state index < -0.39 is 10.0 Å². The highest BCUT2D eigenvalue weighted by Crippen LogP contribution is 2.27. The Labute approximate surface area is 167 Å². The van der Waals surface area contributed by atoms with Crippen molar-refractivity contribution in [3.05, 3.63) is 59.2 Å². The van der Waals surface area contributed by atoms with Crippen molar-refractivity contribution in [1.82, 2.24) is 4.31 Å². The van der Waals surface area contributed by atoms with Crippen LogP contribution in [0.25, 0.3) is 0 Å². The number of nitrogens with one attached hydrogen (secondary N) is 1. The molecule has 3 rings (SSSR count). The molecule has 0 aromatic heterocycles. The van der Waals surface area contributed by atoms with Gasteiger partial charge in [-0.3, -0.25) is 4.79 Å². The van der Waals surface area contributed by atoms with E-state index >= 15 is 0 Å². The van der Waals surface area contributed by atoms with E-state index in [-0.39, 0.29) is 16.8 Å². The molecule has 0 atom stereocenters. The van der Waals surface area contributed by atoms with Gasteiger partial charge in [-0.2, -0.15) is 4.31 Å². The van der Waals surface area contributed by atoms with Crippen LogP contribution in [0.5, 0.6) is 0 Å². The largest absolute Gasteiger partial charge is 0.322 e. The lowest BCUT2D eigenvalue weighted by molar-refractivity contribution is 0.102. The molecule has 2 aromatic carbocycles. The van der Waals surface area contributed by atoms with Crippen LogP contribution in [0.3, 0.4) is 0 Å². The molecule has 1 aliphatic rings. The third kappa shape index (κ3) is 4.45. The van der Waals surface area contributed by atoms with Gasteiger partial charge >= 0.3 is 0 Å². The summed E-state index contributed by atoms with van der Waals surface area (Å²) in [7, 11) is -1.86. The van der Waals surface area contributed by atoms with Crippen LogP contribution in [0.4, 0.5) is 5.69 Å². The molecule has 1 fully saturated rings. The van der Waals surface area contributed by atoms with E-state index in [2.05, 4.69) is 5.32 Å². The third-order valence-electron chi connectivity index (χ3n) is 5.52. The second-order valence-electron chi connectivity index (χ2n) is 7.61. The van der Waals surface area contributed by atoms with Crippen molar-refractivity contribution in [3.8, 4) is 0 Å². The summed E-state index contributed by atoms with van der Waals surface area (Å²) in [6.07, 6.45) is 5.17. The van der Waals surface area contributed by atoms with Crippen molar-refractivity contribution >= 4 is 21.6 Å². The Morgan fingerprint density at radius 1 is 1.00 bits per heavy atom. The number of anilines is 1. The molecular formula is C22H28N2O3S. The van der Waals surface area contributed by atoms with Gasteiger partial charge in [0.2, 0.25) is 10.0 Å². The van der Waals surface area contributed by atoms with Crippen molar-refractivity contribution in [2.45, 2.75) is 56.9 Å². The molecule has 1 aliphatic carbocycles. The first-order valence-corrected chi connectivity index (χ1v) is 11.2. The van der Waals surface area contributed by atoms with Crippen molar-refractivity contribution in [3.63, 3.8) is 0 Å². The molecule has 1 amide bonds. The van der Waals surface area contributed by atoms with Gasteiger partial charge in [0.1, 0.15) is 0 Å². The summed E-state index contributed by atoms with van der Waals surface area (Å²) in [5.41, 5.74) is 3.11. The number of hydrogen-bond donors (Lipinski definition) is 1. The smallest absolute Gasteiger partial charge is 0.255 e. The number of rotatable bonds is 5. The van der Waals surface area contributed by atoms with Crippen molar-refractivity contribution in [2.75, 3.05) is 12.4 Å².